The molecule has 3 heteroatoms. The van der Waals surface area contributed by atoms with Gasteiger partial charge in [0.05, 0.1) is 5.54 Å². The maximum absolute atomic E-state index is 5.91. The molecule has 0 aliphatic heterocycles. The maximum Gasteiger partial charge on any atom is 0.181 e. The maximum atomic E-state index is 5.91. The summed E-state index contributed by atoms with van der Waals surface area (Å²) >= 11 is 0. The largest absolute Gasteiger partial charge is 0.443 e. The number of rotatable bonds is 0. The summed E-state index contributed by atoms with van der Waals surface area (Å²) in [6, 6.07) is 0. The van der Waals surface area contributed by atoms with Gasteiger partial charge in [0, 0.05) is 0 Å². The van der Waals surface area contributed by atoms with E-state index in [1.165, 1.54) is 6.39 Å². The molecule has 0 aromatic carbocycles. The molecule has 0 saturated carbocycles. The molecular formula is C9H10N2O. The predicted octanol–water partition coefficient (Wildman–Crippen LogP) is -0.477. The second kappa shape index (κ2) is 2.32. The molecule has 1 heterocycles. The van der Waals surface area contributed by atoms with Crippen LogP contribution < -0.4 is 16.5 Å². The van der Waals surface area contributed by atoms with Gasteiger partial charge in [0.25, 0.3) is 0 Å². The minimum atomic E-state index is -0.432. The van der Waals surface area contributed by atoms with Crippen molar-refractivity contribution in [2.24, 2.45) is 5.73 Å². The number of hydrogen-bond donors (Lipinski definition) is 1. The van der Waals surface area contributed by atoms with E-state index in [1.807, 2.05) is 31.2 Å². The zero-order valence-electron chi connectivity index (χ0n) is 6.82. The molecule has 0 amide bonds. The van der Waals surface area contributed by atoms with Crippen LogP contribution in [-0.4, -0.2) is 10.5 Å². The highest BCUT2D eigenvalue weighted by molar-refractivity contribution is 5.48. The van der Waals surface area contributed by atoms with E-state index >= 15 is 0 Å². The fraction of sp³-hybridized carbons (Fsp3) is 0.222. The molecule has 0 fully saturated rings. The quantitative estimate of drug-likeness (QED) is 0.560. The third kappa shape index (κ3) is 1.19. The number of hydrogen-bond acceptors (Lipinski definition) is 3. The molecule has 1 aliphatic carbocycles. The number of nitrogens with two attached hydrogens (primary N) is 1. The van der Waals surface area contributed by atoms with Gasteiger partial charge in [-0.1, -0.05) is 12.2 Å². The van der Waals surface area contributed by atoms with Gasteiger partial charge in [-0.25, -0.2) is 4.98 Å². The lowest BCUT2D eigenvalue weighted by atomic mass is 10.0. The molecule has 12 heavy (non-hydrogen) atoms. The molecule has 0 spiro atoms. The molecule has 0 saturated heterocycles. The van der Waals surface area contributed by atoms with Gasteiger partial charge in [0.1, 0.15) is 5.35 Å². The van der Waals surface area contributed by atoms with Crippen LogP contribution in [0.3, 0.4) is 0 Å². The average molecular weight is 162 g/mol. The lowest BCUT2D eigenvalue weighted by molar-refractivity contribution is 0.525. The van der Waals surface area contributed by atoms with E-state index in [4.69, 9.17) is 10.2 Å². The highest BCUT2D eigenvalue weighted by atomic mass is 16.3. The van der Waals surface area contributed by atoms with Crippen molar-refractivity contribution in [1.29, 1.82) is 0 Å². The standard InChI is InChI=1S/C9H10N2O/c1-9(10)4-2-3-8-7(5-9)11-6-12-8/h2-6H,10H2,1H3. The third-order valence-corrected chi connectivity index (χ3v) is 1.77. The summed E-state index contributed by atoms with van der Waals surface area (Å²) in [6.45, 7) is 1.92. The normalized spacial score (nSPS) is 26.8. The lowest BCUT2D eigenvalue weighted by Crippen LogP contribution is -2.35. The second-order valence-electron chi connectivity index (χ2n) is 3.14. The Balaban J connectivity index is 2.75. The summed E-state index contributed by atoms with van der Waals surface area (Å²) in [5.74, 6) is 0. The van der Waals surface area contributed by atoms with E-state index < -0.39 is 5.54 Å². The minimum Gasteiger partial charge on any atom is -0.443 e. The van der Waals surface area contributed by atoms with E-state index in [0.717, 1.165) is 10.8 Å². The second-order valence-corrected chi connectivity index (χ2v) is 3.14. The fourth-order valence-corrected chi connectivity index (χ4v) is 1.18. The molecule has 62 valence electrons. The Bertz CT molecular complexity index is 426. The average Bonchev–Trinajstić information content (AvgIpc) is 2.31. The monoisotopic (exact) mass is 162 g/mol. The highest BCUT2D eigenvalue weighted by Gasteiger charge is 2.11. The van der Waals surface area contributed by atoms with Gasteiger partial charge in [-0.15, -0.1) is 0 Å². The van der Waals surface area contributed by atoms with Crippen molar-refractivity contribution in [2.45, 2.75) is 12.5 Å². The Kier molecular flexibility index (Phi) is 1.41. The van der Waals surface area contributed by atoms with Crippen molar-refractivity contribution in [1.82, 2.24) is 4.98 Å². The Morgan fingerprint density at radius 1 is 1.58 bits per heavy atom. The Labute approximate surface area is 69.9 Å². The first-order valence-electron chi connectivity index (χ1n) is 3.78. The Morgan fingerprint density at radius 2 is 2.42 bits per heavy atom. The van der Waals surface area contributed by atoms with E-state index in [1.54, 1.807) is 0 Å². The molecule has 1 aromatic rings. The number of oxazole rings is 1. The zero-order chi connectivity index (χ0) is 8.60. The Hall–Kier alpha value is -1.35. The van der Waals surface area contributed by atoms with Gasteiger partial charge in [-0.3, -0.25) is 0 Å². The predicted molar refractivity (Wildman–Crippen MR) is 46.4 cm³/mol. The van der Waals surface area contributed by atoms with Crippen molar-refractivity contribution in [3.05, 3.63) is 29.3 Å². The number of fused-ring (bicyclic) bond motifs is 1. The van der Waals surface area contributed by atoms with Gasteiger partial charge < -0.3 is 10.2 Å². The first-order valence-corrected chi connectivity index (χ1v) is 3.78. The molecule has 1 aromatic heterocycles. The molecule has 3 nitrogen and oxygen atoms in total. The summed E-state index contributed by atoms with van der Waals surface area (Å²) in [5.41, 5.74) is 6.24. The molecule has 1 atom stereocenters. The van der Waals surface area contributed by atoms with Crippen LogP contribution >= 0.6 is 0 Å². The fourth-order valence-electron chi connectivity index (χ4n) is 1.18. The van der Waals surface area contributed by atoms with Crippen LogP contribution in [-0.2, 0) is 0 Å². The molecule has 2 N–H and O–H groups in total. The highest BCUT2D eigenvalue weighted by Crippen LogP contribution is 2.03. The van der Waals surface area contributed by atoms with Gasteiger partial charge in [-0.05, 0) is 19.1 Å². The number of allylic oxidation sites excluding steroid dienone is 1. The molecule has 1 unspecified atom stereocenters. The summed E-state index contributed by atoms with van der Waals surface area (Å²) < 4.78 is 5.12. The van der Waals surface area contributed by atoms with E-state index in [2.05, 4.69) is 4.98 Å². The van der Waals surface area contributed by atoms with Crippen LogP contribution in [0.5, 0.6) is 0 Å². The smallest absolute Gasteiger partial charge is 0.181 e. The van der Waals surface area contributed by atoms with E-state index in [-0.39, 0.29) is 0 Å². The van der Waals surface area contributed by atoms with Crippen LogP contribution in [0.25, 0.3) is 12.2 Å². The summed E-state index contributed by atoms with van der Waals surface area (Å²) in [4.78, 5) is 4.04. The third-order valence-electron chi connectivity index (χ3n) is 1.77. The summed E-state index contributed by atoms with van der Waals surface area (Å²) in [6.07, 6.45) is 8.95. The van der Waals surface area contributed by atoms with Crippen LogP contribution in [0.1, 0.15) is 6.92 Å². The SMILES string of the molecule is CC1(N)C=CC=c2ocnc2=C1. The summed E-state index contributed by atoms with van der Waals surface area (Å²) in [7, 11) is 0. The van der Waals surface area contributed by atoms with Crippen LogP contribution in [0, 0.1) is 0 Å². The van der Waals surface area contributed by atoms with Crippen LogP contribution in [0.15, 0.2) is 23.0 Å². The topological polar surface area (TPSA) is 52.0 Å². The first kappa shape index (κ1) is 7.31. The van der Waals surface area contributed by atoms with E-state index in [0.29, 0.717) is 0 Å². The van der Waals surface area contributed by atoms with E-state index in [9.17, 15) is 0 Å². The lowest BCUT2D eigenvalue weighted by Gasteiger charge is -2.12. The molecular weight excluding hydrogens is 152 g/mol. The summed E-state index contributed by atoms with van der Waals surface area (Å²) in [5, 5.41) is 0.810. The number of aromatic nitrogens is 1. The molecule has 0 radical (unpaired) electrons. The zero-order valence-corrected chi connectivity index (χ0v) is 6.82. The number of nitrogens with zero attached hydrogens (tertiary/aromatic N) is 1. The van der Waals surface area contributed by atoms with Crippen molar-refractivity contribution in [3.63, 3.8) is 0 Å². The van der Waals surface area contributed by atoms with Gasteiger partial charge >= 0.3 is 0 Å². The minimum absolute atomic E-state index is 0.432. The molecule has 1 aliphatic rings. The van der Waals surface area contributed by atoms with Crippen molar-refractivity contribution in [2.75, 3.05) is 0 Å². The van der Waals surface area contributed by atoms with Gasteiger partial charge in [-0.2, -0.15) is 0 Å². The van der Waals surface area contributed by atoms with Gasteiger partial charge in [0.15, 0.2) is 11.8 Å². The van der Waals surface area contributed by atoms with Crippen LogP contribution in [0.2, 0.25) is 0 Å². The van der Waals surface area contributed by atoms with Crippen molar-refractivity contribution in [3.8, 4) is 0 Å². The molecule has 2 rings (SSSR count). The molecule has 0 bridgehead atoms. The van der Waals surface area contributed by atoms with Gasteiger partial charge in [0.2, 0.25) is 0 Å². The van der Waals surface area contributed by atoms with Crippen LogP contribution in [0.4, 0.5) is 0 Å². The van der Waals surface area contributed by atoms with Crippen molar-refractivity contribution >= 4 is 12.2 Å². The Morgan fingerprint density at radius 3 is 3.25 bits per heavy atom. The first-order chi connectivity index (χ1) is 5.67. The van der Waals surface area contributed by atoms with Crippen molar-refractivity contribution < 1.29 is 4.42 Å².